The third-order valence-electron chi connectivity index (χ3n) is 2.92. The summed E-state index contributed by atoms with van der Waals surface area (Å²) in [6, 6.07) is 5.35. The molecule has 0 aliphatic heterocycles. The largest absolute Gasteiger partial charge is 0.369 e. The van der Waals surface area contributed by atoms with Gasteiger partial charge in [-0.3, -0.25) is 0 Å². The lowest BCUT2D eigenvalue weighted by molar-refractivity contribution is 0.607. The van der Waals surface area contributed by atoms with Gasteiger partial charge in [-0.15, -0.1) is 0 Å². The van der Waals surface area contributed by atoms with Crippen LogP contribution in [0.15, 0.2) is 18.2 Å². The Morgan fingerprint density at radius 3 is 2.33 bits per heavy atom. The Morgan fingerprint density at radius 1 is 1.22 bits per heavy atom. The van der Waals surface area contributed by atoms with E-state index in [9.17, 15) is 4.39 Å². The van der Waals surface area contributed by atoms with Crippen LogP contribution in [0.3, 0.4) is 0 Å². The topological polar surface area (TPSA) is 29.3 Å². The standard InChI is InChI=1S/C15H25FN2/c1-4-9-18(10-5-2)15-13(11-12(3)17)7-6-8-14(15)16/h6-8,12H,4-5,9-11,17H2,1-3H3. The zero-order valence-corrected chi connectivity index (χ0v) is 11.7. The van der Waals surface area contributed by atoms with Crippen LogP contribution < -0.4 is 10.6 Å². The minimum Gasteiger partial charge on any atom is -0.369 e. The molecule has 1 aromatic rings. The number of benzene rings is 1. The highest BCUT2D eigenvalue weighted by Crippen LogP contribution is 2.26. The van der Waals surface area contributed by atoms with Crippen molar-refractivity contribution < 1.29 is 4.39 Å². The second kappa shape index (κ2) is 7.37. The molecule has 2 N–H and O–H groups in total. The molecule has 2 nitrogen and oxygen atoms in total. The maximum atomic E-state index is 14.1. The van der Waals surface area contributed by atoms with Crippen LogP contribution in [0.4, 0.5) is 10.1 Å². The van der Waals surface area contributed by atoms with Gasteiger partial charge in [0.25, 0.3) is 0 Å². The third-order valence-corrected chi connectivity index (χ3v) is 2.92. The highest BCUT2D eigenvalue weighted by atomic mass is 19.1. The predicted molar refractivity (Wildman–Crippen MR) is 76.5 cm³/mol. The molecule has 0 saturated heterocycles. The fourth-order valence-electron chi connectivity index (χ4n) is 2.30. The number of nitrogens with zero attached hydrogens (tertiary/aromatic N) is 1. The maximum Gasteiger partial charge on any atom is 0.146 e. The SMILES string of the molecule is CCCN(CCC)c1c(F)cccc1CC(C)N. The van der Waals surface area contributed by atoms with E-state index in [4.69, 9.17) is 5.73 Å². The molecule has 0 fully saturated rings. The minimum absolute atomic E-state index is 0.0515. The molecule has 3 heteroatoms. The lowest BCUT2D eigenvalue weighted by Gasteiger charge is -2.27. The van der Waals surface area contributed by atoms with Gasteiger partial charge in [0, 0.05) is 19.1 Å². The molecule has 1 rings (SSSR count). The average Bonchev–Trinajstić information content (AvgIpc) is 2.28. The first kappa shape index (κ1) is 15.0. The second-order valence-electron chi connectivity index (χ2n) is 4.92. The van der Waals surface area contributed by atoms with E-state index in [1.807, 2.05) is 13.0 Å². The lowest BCUT2D eigenvalue weighted by Crippen LogP contribution is -2.28. The van der Waals surface area contributed by atoms with Crippen molar-refractivity contribution in [3.05, 3.63) is 29.6 Å². The van der Waals surface area contributed by atoms with Crippen molar-refractivity contribution >= 4 is 5.69 Å². The van der Waals surface area contributed by atoms with Gasteiger partial charge in [-0.05, 0) is 37.8 Å². The van der Waals surface area contributed by atoms with Crippen molar-refractivity contribution in [2.24, 2.45) is 5.73 Å². The molecular weight excluding hydrogens is 227 g/mol. The summed E-state index contributed by atoms with van der Waals surface area (Å²) in [4.78, 5) is 2.15. The van der Waals surface area contributed by atoms with E-state index in [1.165, 1.54) is 0 Å². The Kier molecular flexibility index (Phi) is 6.13. The number of hydrogen-bond donors (Lipinski definition) is 1. The Hall–Kier alpha value is -1.09. The summed E-state index contributed by atoms with van der Waals surface area (Å²) >= 11 is 0. The van der Waals surface area contributed by atoms with Gasteiger partial charge in [-0.1, -0.05) is 26.0 Å². The van der Waals surface area contributed by atoms with Crippen molar-refractivity contribution in [1.82, 2.24) is 0 Å². The van der Waals surface area contributed by atoms with Crippen LogP contribution >= 0.6 is 0 Å². The Morgan fingerprint density at radius 2 is 1.83 bits per heavy atom. The fourth-order valence-corrected chi connectivity index (χ4v) is 2.30. The van der Waals surface area contributed by atoms with E-state index in [0.29, 0.717) is 0 Å². The summed E-state index contributed by atoms with van der Waals surface area (Å²) in [5.41, 5.74) is 7.62. The molecular formula is C15H25FN2. The molecule has 0 aliphatic carbocycles. The van der Waals surface area contributed by atoms with Gasteiger partial charge in [-0.2, -0.15) is 0 Å². The number of anilines is 1. The number of rotatable bonds is 7. The Balaban J connectivity index is 3.08. The summed E-state index contributed by atoms with van der Waals surface area (Å²) < 4.78 is 14.1. The first-order valence-corrected chi connectivity index (χ1v) is 6.88. The number of nitrogens with two attached hydrogens (primary N) is 1. The average molecular weight is 252 g/mol. The molecule has 0 saturated carbocycles. The van der Waals surface area contributed by atoms with Gasteiger partial charge in [0.05, 0.1) is 5.69 Å². The molecule has 0 spiro atoms. The third kappa shape index (κ3) is 3.98. The molecule has 0 heterocycles. The summed E-state index contributed by atoms with van der Waals surface area (Å²) in [7, 11) is 0. The molecule has 0 aliphatic rings. The summed E-state index contributed by atoms with van der Waals surface area (Å²) in [5.74, 6) is -0.130. The zero-order chi connectivity index (χ0) is 13.5. The van der Waals surface area contributed by atoms with Crippen LogP contribution in [0.2, 0.25) is 0 Å². The van der Waals surface area contributed by atoms with E-state index >= 15 is 0 Å². The smallest absolute Gasteiger partial charge is 0.146 e. The molecule has 0 amide bonds. The van der Waals surface area contributed by atoms with E-state index in [2.05, 4.69) is 18.7 Å². The predicted octanol–water partition coefficient (Wildman–Crippen LogP) is 3.34. The number of para-hydroxylation sites is 1. The highest BCUT2D eigenvalue weighted by Gasteiger charge is 2.15. The lowest BCUT2D eigenvalue weighted by atomic mass is 10.0. The maximum absolute atomic E-state index is 14.1. The summed E-state index contributed by atoms with van der Waals surface area (Å²) in [6.07, 6.45) is 2.76. The van der Waals surface area contributed by atoms with E-state index < -0.39 is 0 Å². The van der Waals surface area contributed by atoms with Crippen LogP contribution in [0.25, 0.3) is 0 Å². The minimum atomic E-state index is -0.130. The van der Waals surface area contributed by atoms with Gasteiger partial charge in [-0.25, -0.2) is 4.39 Å². The van der Waals surface area contributed by atoms with E-state index in [0.717, 1.165) is 43.6 Å². The van der Waals surface area contributed by atoms with Crippen LogP contribution in [-0.2, 0) is 6.42 Å². The molecule has 102 valence electrons. The fraction of sp³-hybridized carbons (Fsp3) is 0.600. The van der Waals surface area contributed by atoms with Gasteiger partial charge in [0.15, 0.2) is 0 Å². The monoisotopic (exact) mass is 252 g/mol. The molecule has 1 atom stereocenters. The number of halogens is 1. The van der Waals surface area contributed by atoms with E-state index in [1.54, 1.807) is 12.1 Å². The van der Waals surface area contributed by atoms with Gasteiger partial charge >= 0.3 is 0 Å². The normalized spacial score (nSPS) is 12.5. The van der Waals surface area contributed by atoms with Crippen LogP contribution in [0, 0.1) is 5.82 Å². The van der Waals surface area contributed by atoms with Crippen molar-refractivity contribution in [3.63, 3.8) is 0 Å². The van der Waals surface area contributed by atoms with Crippen molar-refractivity contribution in [2.75, 3.05) is 18.0 Å². The van der Waals surface area contributed by atoms with Crippen LogP contribution in [0.1, 0.15) is 39.2 Å². The Labute approximate surface area is 110 Å². The molecule has 1 unspecified atom stereocenters. The molecule has 0 aromatic heterocycles. The second-order valence-corrected chi connectivity index (χ2v) is 4.92. The summed E-state index contributed by atoms with van der Waals surface area (Å²) in [5, 5.41) is 0. The summed E-state index contributed by atoms with van der Waals surface area (Å²) in [6.45, 7) is 7.98. The van der Waals surface area contributed by atoms with Crippen LogP contribution in [-0.4, -0.2) is 19.1 Å². The first-order chi connectivity index (χ1) is 8.60. The van der Waals surface area contributed by atoms with Crippen LogP contribution in [0.5, 0.6) is 0 Å². The van der Waals surface area contributed by atoms with E-state index in [-0.39, 0.29) is 11.9 Å². The molecule has 0 bridgehead atoms. The highest BCUT2D eigenvalue weighted by molar-refractivity contribution is 5.55. The molecule has 0 radical (unpaired) electrons. The first-order valence-electron chi connectivity index (χ1n) is 6.88. The van der Waals surface area contributed by atoms with Crippen molar-refractivity contribution in [2.45, 2.75) is 46.1 Å². The van der Waals surface area contributed by atoms with Crippen molar-refractivity contribution in [3.8, 4) is 0 Å². The quantitative estimate of drug-likeness (QED) is 0.806. The Bertz CT molecular complexity index is 358. The van der Waals surface area contributed by atoms with Gasteiger partial charge in [0.2, 0.25) is 0 Å². The molecule has 1 aromatic carbocycles. The van der Waals surface area contributed by atoms with Gasteiger partial charge < -0.3 is 10.6 Å². The van der Waals surface area contributed by atoms with Crippen molar-refractivity contribution in [1.29, 1.82) is 0 Å². The van der Waals surface area contributed by atoms with Gasteiger partial charge in [0.1, 0.15) is 5.82 Å². The number of hydrogen-bond acceptors (Lipinski definition) is 2. The molecule has 18 heavy (non-hydrogen) atoms. The zero-order valence-electron chi connectivity index (χ0n) is 11.7.